The standard InChI is InChI=1S/C66H60/c1-63(2,3)43-27-41(28-44(35-43)64(4,5)6)55-59-49-25-17-24-48-52-32-38-20-14-16-22-40(38)34-54(52)62(58(48)49)56(42-29-45(65(7,8)9)36-46(30-42)66(10,11)12)60(59)50-26-18-23-47-51-31-37-19-13-15-21-39(37)33-53(51)61(55)57(47)50/h13-36H,1-12H3. The first-order valence-corrected chi connectivity index (χ1v) is 24.2. The first kappa shape index (κ1) is 41.0. The Kier molecular flexibility index (Phi) is 8.41. The molecule has 0 saturated heterocycles. The first-order chi connectivity index (χ1) is 31.3. The van der Waals surface area contributed by atoms with Crippen LogP contribution in [0.2, 0.25) is 0 Å². The average molecular weight is 853 g/mol. The molecule has 0 unspecified atom stereocenters. The second-order valence-electron chi connectivity index (χ2n) is 23.8. The van der Waals surface area contributed by atoms with Crippen molar-refractivity contribution in [2.24, 2.45) is 0 Å². The summed E-state index contributed by atoms with van der Waals surface area (Å²) in [5.41, 5.74) is 10.6. The zero-order valence-corrected chi connectivity index (χ0v) is 40.9. The molecule has 66 heavy (non-hydrogen) atoms. The van der Waals surface area contributed by atoms with Crippen LogP contribution in [0.5, 0.6) is 0 Å². The molecule has 0 spiro atoms. The Labute approximate surface area is 389 Å². The minimum absolute atomic E-state index is 0.0564. The predicted octanol–water partition coefficient (Wildman–Crippen LogP) is 19.5. The van der Waals surface area contributed by atoms with Gasteiger partial charge in [0.25, 0.3) is 0 Å². The molecule has 0 nitrogen and oxygen atoms in total. The van der Waals surface area contributed by atoms with Crippen LogP contribution in [0.3, 0.4) is 0 Å². The summed E-state index contributed by atoms with van der Waals surface area (Å²) in [5.74, 6) is 0. The van der Waals surface area contributed by atoms with Crippen molar-refractivity contribution in [2.75, 3.05) is 0 Å². The molecule has 0 fully saturated rings. The molecule has 12 aromatic carbocycles. The van der Waals surface area contributed by atoms with Gasteiger partial charge in [-0.05, 0) is 187 Å². The minimum Gasteiger partial charge on any atom is -0.0616 e. The fourth-order valence-electron chi connectivity index (χ4n) is 11.5. The fourth-order valence-corrected chi connectivity index (χ4v) is 11.5. The Morgan fingerprint density at radius 1 is 0.227 bits per heavy atom. The third kappa shape index (κ3) is 5.96. The number of hydrogen-bond acceptors (Lipinski definition) is 0. The van der Waals surface area contributed by atoms with E-state index in [4.69, 9.17) is 0 Å². The molecule has 0 aromatic heterocycles. The molecule has 0 N–H and O–H groups in total. The van der Waals surface area contributed by atoms with E-state index in [0.29, 0.717) is 0 Å². The Morgan fingerprint density at radius 2 is 0.500 bits per heavy atom. The van der Waals surface area contributed by atoms with Gasteiger partial charge in [0.15, 0.2) is 0 Å². The van der Waals surface area contributed by atoms with Gasteiger partial charge in [-0.2, -0.15) is 0 Å². The fraction of sp³-hybridized carbons (Fsp3) is 0.242. The van der Waals surface area contributed by atoms with Crippen LogP contribution in [-0.4, -0.2) is 0 Å². The van der Waals surface area contributed by atoms with Crippen LogP contribution < -0.4 is 0 Å². The van der Waals surface area contributed by atoms with E-state index < -0.39 is 0 Å². The maximum atomic E-state index is 2.55. The lowest BCUT2D eigenvalue weighted by Gasteiger charge is -2.28. The molecular weight excluding hydrogens is 793 g/mol. The van der Waals surface area contributed by atoms with Crippen LogP contribution in [0.25, 0.3) is 119 Å². The minimum atomic E-state index is -0.0564. The third-order valence-corrected chi connectivity index (χ3v) is 15.2. The van der Waals surface area contributed by atoms with Gasteiger partial charge in [-0.15, -0.1) is 0 Å². The SMILES string of the molecule is CC(C)(C)c1cc(-c2c3c4cccc5c6cc7ccccc7cc6c(c(-c6cc(C(C)(C)C)cc(C(C)(C)C)c6)c3c3cccc6c7cc8ccccc8cc7c2c63)c54)cc(C(C)(C)C)c1. The smallest absolute Gasteiger partial charge is 0.000717 e. The summed E-state index contributed by atoms with van der Waals surface area (Å²) >= 11 is 0. The van der Waals surface area contributed by atoms with Gasteiger partial charge >= 0.3 is 0 Å². The summed E-state index contributed by atoms with van der Waals surface area (Å²) in [4.78, 5) is 0. The molecule has 0 aliphatic heterocycles. The molecule has 0 radical (unpaired) electrons. The maximum Gasteiger partial charge on any atom is -0.000717 e. The van der Waals surface area contributed by atoms with Crippen molar-refractivity contribution in [1.82, 2.24) is 0 Å². The van der Waals surface area contributed by atoms with Crippen LogP contribution in [-0.2, 0) is 21.7 Å². The third-order valence-electron chi connectivity index (χ3n) is 15.2. The van der Waals surface area contributed by atoms with Crippen molar-refractivity contribution in [3.8, 4) is 22.3 Å². The highest BCUT2D eigenvalue weighted by Gasteiger charge is 2.31. The molecule has 0 saturated carbocycles. The van der Waals surface area contributed by atoms with Gasteiger partial charge in [0.05, 0.1) is 0 Å². The van der Waals surface area contributed by atoms with Gasteiger partial charge in [-0.1, -0.05) is 204 Å². The molecule has 0 aliphatic carbocycles. The largest absolute Gasteiger partial charge is 0.0616 e. The highest BCUT2D eigenvalue weighted by atomic mass is 14.3. The van der Waals surface area contributed by atoms with Crippen molar-refractivity contribution in [1.29, 1.82) is 0 Å². The van der Waals surface area contributed by atoms with Gasteiger partial charge in [-0.25, -0.2) is 0 Å². The van der Waals surface area contributed by atoms with E-state index in [1.165, 1.54) is 141 Å². The van der Waals surface area contributed by atoms with Crippen molar-refractivity contribution in [3.05, 3.63) is 168 Å². The van der Waals surface area contributed by atoms with Gasteiger partial charge in [0, 0.05) is 0 Å². The van der Waals surface area contributed by atoms with E-state index in [1.54, 1.807) is 0 Å². The molecule has 0 amide bonds. The summed E-state index contributed by atoms with van der Waals surface area (Å²) in [6.45, 7) is 28.5. The van der Waals surface area contributed by atoms with Gasteiger partial charge in [0.2, 0.25) is 0 Å². The molecule has 0 heteroatoms. The molecule has 0 bridgehead atoms. The monoisotopic (exact) mass is 852 g/mol. The lowest BCUT2D eigenvalue weighted by Crippen LogP contribution is -2.16. The van der Waals surface area contributed by atoms with Crippen molar-refractivity contribution in [3.63, 3.8) is 0 Å². The average Bonchev–Trinajstić information content (AvgIpc) is 3.76. The highest BCUT2D eigenvalue weighted by molar-refractivity contribution is 6.48. The van der Waals surface area contributed by atoms with Crippen LogP contribution >= 0.6 is 0 Å². The van der Waals surface area contributed by atoms with E-state index >= 15 is 0 Å². The van der Waals surface area contributed by atoms with Crippen LogP contribution in [0, 0.1) is 0 Å². The maximum absolute atomic E-state index is 2.55. The van der Waals surface area contributed by atoms with Crippen molar-refractivity contribution >= 4 is 97.0 Å². The number of rotatable bonds is 2. The van der Waals surface area contributed by atoms with E-state index in [2.05, 4.69) is 229 Å². The van der Waals surface area contributed by atoms with E-state index in [9.17, 15) is 0 Å². The summed E-state index contributed by atoms with van der Waals surface area (Å²) in [7, 11) is 0. The predicted molar refractivity (Wildman–Crippen MR) is 292 cm³/mol. The second kappa shape index (κ2) is 13.5. The Morgan fingerprint density at radius 3 is 0.803 bits per heavy atom. The lowest BCUT2D eigenvalue weighted by molar-refractivity contribution is 0.568. The Balaban J connectivity index is 1.44. The topological polar surface area (TPSA) is 0 Å². The van der Waals surface area contributed by atoms with Crippen LogP contribution in [0.1, 0.15) is 105 Å². The van der Waals surface area contributed by atoms with Crippen LogP contribution in [0.4, 0.5) is 0 Å². The number of hydrogen-bond donors (Lipinski definition) is 0. The van der Waals surface area contributed by atoms with E-state index in [-0.39, 0.29) is 21.7 Å². The summed E-state index contributed by atoms with van der Waals surface area (Å²) in [5, 5.41) is 23.9. The van der Waals surface area contributed by atoms with Gasteiger partial charge < -0.3 is 0 Å². The quantitative estimate of drug-likeness (QED) is 0.152. The normalized spacial score (nSPS) is 13.5. The molecule has 0 aliphatic rings. The van der Waals surface area contributed by atoms with E-state index in [0.717, 1.165) is 0 Å². The Bertz CT molecular complexity index is 3670. The van der Waals surface area contributed by atoms with E-state index in [1.807, 2.05) is 0 Å². The van der Waals surface area contributed by atoms with Crippen molar-refractivity contribution in [2.45, 2.75) is 105 Å². The summed E-state index contributed by atoms with van der Waals surface area (Å²) in [6, 6.07) is 57.3. The molecule has 12 aromatic rings. The van der Waals surface area contributed by atoms with Gasteiger partial charge in [0.1, 0.15) is 0 Å². The molecule has 0 heterocycles. The molecule has 324 valence electrons. The lowest BCUT2D eigenvalue weighted by atomic mass is 9.76. The van der Waals surface area contributed by atoms with Crippen LogP contribution in [0.15, 0.2) is 146 Å². The zero-order chi connectivity index (χ0) is 46.0. The molecule has 0 atom stereocenters. The first-order valence-electron chi connectivity index (χ1n) is 24.2. The summed E-state index contributed by atoms with van der Waals surface area (Å²) < 4.78 is 0. The highest BCUT2D eigenvalue weighted by Crippen LogP contribution is 2.57. The molecule has 12 rings (SSSR count). The molecular formula is C66H60. The van der Waals surface area contributed by atoms with Gasteiger partial charge in [-0.3, -0.25) is 0 Å². The summed E-state index contributed by atoms with van der Waals surface area (Å²) in [6.07, 6.45) is 0. The number of benzene rings is 10. The second-order valence-corrected chi connectivity index (χ2v) is 23.8. The zero-order valence-electron chi connectivity index (χ0n) is 40.9. The number of fused-ring (bicyclic) bond motifs is 11. The Hall–Kier alpha value is -6.50. The van der Waals surface area contributed by atoms with Crippen molar-refractivity contribution < 1.29 is 0 Å².